The Kier molecular flexibility index (Phi) is 10.7. The number of amides is 1. The average molecular weight is 646 g/mol. The van der Waals surface area contributed by atoms with Gasteiger partial charge in [0.2, 0.25) is 0 Å². The zero-order chi connectivity index (χ0) is 32.6. The Balaban J connectivity index is 1.19. The predicted molar refractivity (Wildman–Crippen MR) is 186 cm³/mol. The van der Waals surface area contributed by atoms with E-state index in [9.17, 15) is 9.90 Å². The lowest BCUT2D eigenvalue weighted by Gasteiger charge is -2.41. The summed E-state index contributed by atoms with van der Waals surface area (Å²) < 4.78 is 18.9. The van der Waals surface area contributed by atoms with Crippen molar-refractivity contribution in [3.63, 3.8) is 0 Å². The van der Waals surface area contributed by atoms with Gasteiger partial charge in [0.25, 0.3) is 5.91 Å². The summed E-state index contributed by atoms with van der Waals surface area (Å²) in [7, 11) is 1.69. The lowest BCUT2D eigenvalue weighted by molar-refractivity contribution is -0.268. The Morgan fingerprint density at radius 3 is 2.26 bits per heavy atom. The highest BCUT2D eigenvalue weighted by Gasteiger charge is 2.38. The molecule has 6 rings (SSSR count). The summed E-state index contributed by atoms with van der Waals surface area (Å²) in [5.74, 6) is 1.57. The van der Waals surface area contributed by atoms with Gasteiger partial charge in [-0.05, 0) is 58.1 Å². The predicted octanol–water partition coefficient (Wildman–Crippen LogP) is 8.37. The van der Waals surface area contributed by atoms with Crippen LogP contribution in [0, 0.1) is 5.92 Å². The van der Waals surface area contributed by atoms with Gasteiger partial charge in [0.15, 0.2) is 6.29 Å². The van der Waals surface area contributed by atoms with Gasteiger partial charge in [-0.1, -0.05) is 104 Å². The van der Waals surface area contributed by atoms with Gasteiger partial charge in [0.1, 0.15) is 5.75 Å². The van der Waals surface area contributed by atoms with E-state index in [-0.39, 0.29) is 30.6 Å². The highest BCUT2D eigenvalue weighted by molar-refractivity contribution is 7.99. The summed E-state index contributed by atoms with van der Waals surface area (Å²) in [5.41, 5.74) is 6.66. The maximum Gasteiger partial charge on any atom is 0.251 e. The topological polar surface area (TPSA) is 77.0 Å². The molecule has 0 radical (unpaired) electrons. The monoisotopic (exact) mass is 645 g/mol. The van der Waals surface area contributed by atoms with E-state index in [1.54, 1.807) is 18.9 Å². The lowest BCUT2D eigenvalue weighted by Crippen LogP contribution is -2.38. The number of methoxy groups -OCH3 is 1. The van der Waals surface area contributed by atoms with Gasteiger partial charge in [-0.3, -0.25) is 4.79 Å². The number of para-hydroxylation sites is 1. The Hall–Kier alpha value is -4.40. The van der Waals surface area contributed by atoms with Crippen LogP contribution in [0.1, 0.15) is 51.9 Å². The van der Waals surface area contributed by atoms with Crippen molar-refractivity contribution in [2.75, 3.05) is 12.9 Å². The third-order valence-corrected chi connectivity index (χ3v) is 9.67. The smallest absolute Gasteiger partial charge is 0.251 e. The molecule has 0 aliphatic carbocycles. The van der Waals surface area contributed by atoms with Crippen molar-refractivity contribution < 1.29 is 24.1 Å². The van der Waals surface area contributed by atoms with Crippen LogP contribution in [0.3, 0.4) is 0 Å². The number of nitrogens with one attached hydrogen (secondary N) is 1. The molecule has 4 atom stereocenters. The van der Waals surface area contributed by atoms with E-state index in [1.165, 1.54) is 0 Å². The number of carbonyl (C=O) groups excluding carboxylic acids is 1. The molecular weight excluding hydrogens is 607 g/mol. The fourth-order valence-corrected chi connectivity index (χ4v) is 6.98. The SMILES string of the molecule is COc1ccccc1SC[C@@H]1O[C@H](c2ccc(-c3cccc(CNC(=O)c4ccccc4)c3)cc2)O[C@H](c2ccc(CO)cc2)[C@@H]1C. The van der Waals surface area contributed by atoms with Crippen LogP contribution in [-0.4, -0.2) is 30.0 Å². The minimum atomic E-state index is -0.550. The van der Waals surface area contributed by atoms with Crippen LogP contribution in [-0.2, 0) is 22.6 Å². The van der Waals surface area contributed by atoms with E-state index in [0.717, 1.165) is 49.8 Å². The first-order valence-corrected chi connectivity index (χ1v) is 16.8. The van der Waals surface area contributed by atoms with Crippen molar-refractivity contribution in [1.29, 1.82) is 0 Å². The normalized spacial score (nSPS) is 19.2. The summed E-state index contributed by atoms with van der Waals surface area (Å²) in [4.78, 5) is 13.6. The molecule has 5 aromatic carbocycles. The summed E-state index contributed by atoms with van der Waals surface area (Å²) in [5, 5.41) is 12.6. The highest BCUT2D eigenvalue weighted by atomic mass is 32.2. The molecule has 1 heterocycles. The number of benzene rings is 5. The van der Waals surface area contributed by atoms with Crippen molar-refractivity contribution in [2.24, 2.45) is 5.92 Å². The summed E-state index contributed by atoms with van der Waals surface area (Å²) in [6, 6.07) is 41.8. The largest absolute Gasteiger partial charge is 0.496 e. The Morgan fingerprint density at radius 2 is 1.51 bits per heavy atom. The molecule has 240 valence electrons. The first-order chi connectivity index (χ1) is 23.0. The van der Waals surface area contributed by atoms with Crippen molar-refractivity contribution in [3.8, 4) is 16.9 Å². The third kappa shape index (κ3) is 7.95. The fraction of sp³-hybridized carbons (Fsp3) is 0.225. The molecule has 2 N–H and O–H groups in total. The number of hydrogen-bond acceptors (Lipinski definition) is 6. The van der Waals surface area contributed by atoms with Crippen LogP contribution in [0.5, 0.6) is 5.75 Å². The van der Waals surface area contributed by atoms with E-state index in [0.29, 0.717) is 12.1 Å². The van der Waals surface area contributed by atoms with Crippen LogP contribution in [0.2, 0.25) is 0 Å². The molecule has 7 heteroatoms. The lowest BCUT2D eigenvalue weighted by atomic mass is 9.91. The van der Waals surface area contributed by atoms with E-state index >= 15 is 0 Å². The van der Waals surface area contributed by atoms with E-state index < -0.39 is 6.29 Å². The second-order valence-electron chi connectivity index (χ2n) is 11.7. The summed E-state index contributed by atoms with van der Waals surface area (Å²) >= 11 is 1.72. The van der Waals surface area contributed by atoms with Gasteiger partial charge in [-0.15, -0.1) is 11.8 Å². The summed E-state index contributed by atoms with van der Waals surface area (Å²) in [6.45, 7) is 2.62. The van der Waals surface area contributed by atoms with Crippen LogP contribution in [0.15, 0.2) is 132 Å². The Morgan fingerprint density at radius 1 is 0.787 bits per heavy atom. The molecule has 1 fully saturated rings. The molecule has 0 saturated carbocycles. The van der Waals surface area contributed by atoms with E-state index in [2.05, 4.69) is 54.7 Å². The van der Waals surface area contributed by atoms with Gasteiger partial charge in [0, 0.05) is 34.2 Å². The molecule has 5 aromatic rings. The zero-order valence-electron chi connectivity index (χ0n) is 26.5. The van der Waals surface area contributed by atoms with Crippen LogP contribution in [0.4, 0.5) is 0 Å². The van der Waals surface area contributed by atoms with Crippen molar-refractivity contribution >= 4 is 17.7 Å². The third-order valence-electron chi connectivity index (χ3n) is 8.53. The van der Waals surface area contributed by atoms with Gasteiger partial charge < -0.3 is 24.6 Å². The average Bonchev–Trinajstić information content (AvgIpc) is 3.14. The van der Waals surface area contributed by atoms with Crippen molar-refractivity contribution in [3.05, 3.63) is 155 Å². The first-order valence-electron chi connectivity index (χ1n) is 15.8. The number of aliphatic hydroxyl groups excluding tert-OH is 1. The van der Waals surface area contributed by atoms with Crippen molar-refractivity contribution in [2.45, 2.75) is 43.5 Å². The summed E-state index contributed by atoms with van der Waals surface area (Å²) in [6.07, 6.45) is -0.827. The van der Waals surface area contributed by atoms with Crippen LogP contribution >= 0.6 is 11.8 Å². The van der Waals surface area contributed by atoms with E-state index in [1.807, 2.05) is 84.9 Å². The number of ether oxygens (including phenoxy) is 3. The van der Waals surface area contributed by atoms with Crippen LogP contribution < -0.4 is 10.1 Å². The maximum absolute atomic E-state index is 12.5. The van der Waals surface area contributed by atoms with E-state index in [4.69, 9.17) is 14.2 Å². The molecule has 1 aliphatic rings. The van der Waals surface area contributed by atoms with Crippen LogP contribution in [0.25, 0.3) is 11.1 Å². The van der Waals surface area contributed by atoms with Gasteiger partial charge in [-0.25, -0.2) is 0 Å². The minimum absolute atomic E-state index is 0.00282. The Labute approximate surface area is 280 Å². The van der Waals surface area contributed by atoms with Gasteiger partial charge in [0.05, 0.1) is 25.9 Å². The van der Waals surface area contributed by atoms with Crippen molar-refractivity contribution in [1.82, 2.24) is 5.32 Å². The Bertz CT molecular complexity index is 1760. The minimum Gasteiger partial charge on any atom is -0.496 e. The molecule has 1 saturated heterocycles. The molecule has 0 spiro atoms. The molecule has 6 nitrogen and oxygen atoms in total. The number of thioether (sulfide) groups is 1. The molecular formula is C40H39NO5S. The quantitative estimate of drug-likeness (QED) is 0.141. The zero-order valence-corrected chi connectivity index (χ0v) is 27.4. The highest BCUT2D eigenvalue weighted by Crippen LogP contribution is 2.44. The maximum atomic E-state index is 12.5. The molecule has 47 heavy (non-hydrogen) atoms. The fourth-order valence-electron chi connectivity index (χ4n) is 5.79. The standard InChI is InChI=1S/C40H39NO5S/c1-27-36(26-47-37-14-7-6-13-35(37)44-2)45-40(46-38(27)31-17-15-28(25-42)16-18-31)33-21-19-30(20-22-33)34-12-8-9-29(23-34)24-41-39(43)32-10-4-3-5-11-32/h3-23,27,36,38,40,42H,24-26H2,1-2H3,(H,41,43)/t27-,36+,38+,40+/m1/s1. The molecule has 1 amide bonds. The number of carbonyl (C=O) groups is 1. The first kappa shape index (κ1) is 32.5. The second-order valence-corrected chi connectivity index (χ2v) is 12.7. The second kappa shape index (κ2) is 15.5. The molecule has 1 aliphatic heterocycles. The van der Waals surface area contributed by atoms with Gasteiger partial charge in [-0.2, -0.15) is 0 Å². The number of rotatable bonds is 11. The molecule has 0 unspecified atom stereocenters. The molecule has 0 aromatic heterocycles. The number of aliphatic hydroxyl groups is 1. The number of hydrogen-bond donors (Lipinski definition) is 2. The molecule has 0 bridgehead atoms. The van der Waals surface area contributed by atoms with Gasteiger partial charge >= 0.3 is 0 Å².